The Balaban J connectivity index is 1.92. The minimum atomic E-state index is -0.523. The van der Waals surface area contributed by atoms with Gasteiger partial charge in [-0.15, -0.1) is 0 Å². The molecule has 2 aromatic rings. The smallest absolute Gasteiger partial charge is 0.343 e. The summed E-state index contributed by atoms with van der Waals surface area (Å²) in [6.45, 7) is 5.77. The molecule has 2 aromatic carbocycles. The van der Waals surface area contributed by atoms with Crippen molar-refractivity contribution in [1.82, 2.24) is 5.43 Å². The van der Waals surface area contributed by atoms with Crippen molar-refractivity contribution in [1.29, 1.82) is 0 Å². The second-order valence-electron chi connectivity index (χ2n) is 7.29. The molecule has 34 heavy (non-hydrogen) atoms. The van der Waals surface area contributed by atoms with Crippen LogP contribution in [-0.2, 0) is 19.1 Å². The molecule has 2 rings (SSSR count). The van der Waals surface area contributed by atoms with Crippen molar-refractivity contribution in [3.05, 3.63) is 51.5 Å². The fourth-order valence-electron chi connectivity index (χ4n) is 2.80. The van der Waals surface area contributed by atoms with Gasteiger partial charge < -0.3 is 19.5 Å². The molecule has 2 amide bonds. The molecule has 0 unspecified atom stereocenters. The number of nitrogens with zero attached hydrogens (tertiary/aromatic N) is 1. The number of aryl methyl sites for hydroxylation is 2. The number of halogens is 1. The maximum Gasteiger partial charge on any atom is 0.343 e. The Kier molecular flexibility index (Phi) is 10.5. The van der Waals surface area contributed by atoms with E-state index in [0.717, 1.165) is 16.8 Å². The number of hydrazone groups is 1. The number of ether oxygens (including phenoxy) is 3. The Morgan fingerprint density at radius 3 is 2.50 bits per heavy atom. The van der Waals surface area contributed by atoms with Crippen LogP contribution >= 0.6 is 15.9 Å². The first kappa shape index (κ1) is 26.8. The number of carbonyl (C=O) groups excluding carboxylic acids is 3. The predicted molar refractivity (Wildman–Crippen MR) is 132 cm³/mol. The number of carbonyl (C=O) groups is 3. The predicted octanol–water partition coefficient (Wildman–Crippen LogP) is 3.89. The minimum absolute atomic E-state index is 0.0117. The van der Waals surface area contributed by atoms with E-state index in [1.54, 1.807) is 12.1 Å². The van der Waals surface area contributed by atoms with Gasteiger partial charge in [0.15, 0.2) is 18.1 Å². The van der Waals surface area contributed by atoms with Crippen LogP contribution in [0, 0.1) is 13.8 Å². The first-order valence-electron chi connectivity index (χ1n) is 10.6. The third-order valence-corrected chi connectivity index (χ3v) is 5.13. The van der Waals surface area contributed by atoms with Gasteiger partial charge in [0, 0.05) is 18.5 Å². The van der Waals surface area contributed by atoms with Crippen LogP contribution in [0.25, 0.3) is 0 Å². The highest BCUT2D eigenvalue weighted by atomic mass is 79.9. The van der Waals surface area contributed by atoms with Crippen molar-refractivity contribution in [2.75, 3.05) is 25.6 Å². The number of benzene rings is 2. The monoisotopic (exact) mass is 533 g/mol. The third-order valence-electron chi connectivity index (χ3n) is 4.54. The lowest BCUT2D eigenvalue weighted by molar-refractivity contribution is -0.143. The van der Waals surface area contributed by atoms with Gasteiger partial charge in [-0.3, -0.25) is 9.59 Å². The van der Waals surface area contributed by atoms with Crippen LogP contribution in [0.3, 0.4) is 0 Å². The Morgan fingerprint density at radius 1 is 1.06 bits per heavy atom. The van der Waals surface area contributed by atoms with E-state index < -0.39 is 11.9 Å². The largest absolute Gasteiger partial charge is 0.490 e. The van der Waals surface area contributed by atoms with Gasteiger partial charge >= 0.3 is 5.97 Å². The Bertz CT molecular complexity index is 1070. The number of anilines is 1. The normalized spacial score (nSPS) is 10.6. The summed E-state index contributed by atoms with van der Waals surface area (Å²) in [5.41, 5.74) is 5.75. The molecule has 0 saturated carbocycles. The maximum absolute atomic E-state index is 12.2. The van der Waals surface area contributed by atoms with Crippen LogP contribution in [0.5, 0.6) is 11.5 Å². The molecular formula is C24H28BrN3O6. The highest BCUT2D eigenvalue weighted by Crippen LogP contribution is 2.36. The van der Waals surface area contributed by atoms with E-state index in [0.29, 0.717) is 28.1 Å². The van der Waals surface area contributed by atoms with Gasteiger partial charge in [0.2, 0.25) is 11.8 Å². The molecular weight excluding hydrogens is 506 g/mol. The zero-order chi connectivity index (χ0) is 25.1. The zero-order valence-corrected chi connectivity index (χ0v) is 21.2. The molecule has 9 nitrogen and oxygen atoms in total. The SMILES string of the molecule is CCOc1cc(C=NNC(=O)CCC(=O)Nc2cc(C)ccc2C)cc(Br)c1OCC(=O)OC. The van der Waals surface area contributed by atoms with E-state index in [9.17, 15) is 14.4 Å². The van der Waals surface area contributed by atoms with E-state index in [1.807, 2.05) is 39.0 Å². The summed E-state index contributed by atoms with van der Waals surface area (Å²) in [6, 6.07) is 9.14. The average Bonchev–Trinajstić information content (AvgIpc) is 2.79. The molecule has 0 saturated heterocycles. The van der Waals surface area contributed by atoms with Crippen molar-refractivity contribution in [3.63, 3.8) is 0 Å². The zero-order valence-electron chi connectivity index (χ0n) is 19.6. The summed E-state index contributed by atoms with van der Waals surface area (Å²) < 4.78 is 16.2. The molecule has 0 heterocycles. The summed E-state index contributed by atoms with van der Waals surface area (Å²) in [4.78, 5) is 35.6. The summed E-state index contributed by atoms with van der Waals surface area (Å²) in [6.07, 6.45) is 1.45. The fraction of sp³-hybridized carbons (Fsp3) is 0.333. The molecule has 0 aliphatic rings. The van der Waals surface area contributed by atoms with Gasteiger partial charge in [-0.2, -0.15) is 5.10 Å². The van der Waals surface area contributed by atoms with Gasteiger partial charge in [-0.1, -0.05) is 12.1 Å². The number of methoxy groups -OCH3 is 1. The first-order chi connectivity index (χ1) is 16.2. The molecule has 0 radical (unpaired) electrons. The summed E-state index contributed by atoms with van der Waals surface area (Å²) in [5, 5.41) is 6.76. The van der Waals surface area contributed by atoms with Gasteiger partial charge in [0.1, 0.15) is 0 Å². The van der Waals surface area contributed by atoms with Crippen LogP contribution < -0.4 is 20.2 Å². The van der Waals surface area contributed by atoms with Gasteiger partial charge in [-0.05, 0) is 71.6 Å². The molecule has 0 spiro atoms. The molecule has 182 valence electrons. The van der Waals surface area contributed by atoms with Gasteiger partial charge in [-0.25, -0.2) is 10.2 Å². The van der Waals surface area contributed by atoms with E-state index in [1.165, 1.54) is 13.3 Å². The number of nitrogens with one attached hydrogen (secondary N) is 2. The van der Waals surface area contributed by atoms with Crippen LogP contribution in [0.15, 0.2) is 39.9 Å². The number of hydrogen-bond acceptors (Lipinski definition) is 7. The van der Waals surface area contributed by atoms with Crippen LogP contribution in [-0.4, -0.2) is 44.3 Å². The lowest BCUT2D eigenvalue weighted by atomic mass is 10.1. The van der Waals surface area contributed by atoms with Crippen molar-refractivity contribution in [2.45, 2.75) is 33.6 Å². The molecule has 0 fully saturated rings. The van der Waals surface area contributed by atoms with E-state index in [2.05, 4.69) is 36.5 Å². The average molecular weight is 534 g/mol. The summed E-state index contributed by atoms with van der Waals surface area (Å²) in [5.74, 6) is -0.416. The van der Waals surface area contributed by atoms with Crippen molar-refractivity contribution in [3.8, 4) is 11.5 Å². The minimum Gasteiger partial charge on any atom is -0.490 e. The Labute approximate surface area is 207 Å². The number of esters is 1. The Morgan fingerprint density at radius 2 is 1.79 bits per heavy atom. The topological polar surface area (TPSA) is 115 Å². The quantitative estimate of drug-likeness (QED) is 0.257. The van der Waals surface area contributed by atoms with E-state index in [-0.39, 0.29) is 25.4 Å². The molecule has 0 atom stereocenters. The molecule has 0 bridgehead atoms. The van der Waals surface area contributed by atoms with Crippen LogP contribution in [0.4, 0.5) is 5.69 Å². The number of hydrogen-bond donors (Lipinski definition) is 2. The summed E-state index contributed by atoms with van der Waals surface area (Å²) in [7, 11) is 1.27. The van der Waals surface area contributed by atoms with Gasteiger partial charge in [0.05, 0.1) is 24.4 Å². The molecule has 10 heteroatoms. The number of amides is 2. The third kappa shape index (κ3) is 8.51. The highest BCUT2D eigenvalue weighted by Gasteiger charge is 2.14. The number of rotatable bonds is 11. The van der Waals surface area contributed by atoms with E-state index >= 15 is 0 Å². The second-order valence-corrected chi connectivity index (χ2v) is 8.14. The summed E-state index contributed by atoms with van der Waals surface area (Å²) >= 11 is 3.39. The Hall–Kier alpha value is -3.40. The fourth-order valence-corrected chi connectivity index (χ4v) is 3.37. The van der Waals surface area contributed by atoms with Crippen molar-refractivity contribution < 1.29 is 28.6 Å². The van der Waals surface area contributed by atoms with Crippen LogP contribution in [0.2, 0.25) is 0 Å². The molecule has 2 N–H and O–H groups in total. The molecule has 0 aliphatic carbocycles. The first-order valence-corrected chi connectivity index (χ1v) is 11.4. The van der Waals surface area contributed by atoms with Crippen molar-refractivity contribution in [2.24, 2.45) is 5.10 Å². The molecule has 0 aromatic heterocycles. The standard InChI is InChI=1S/C24H28BrN3O6/c1-5-33-20-12-17(11-18(25)24(20)34-14-23(31)32-4)13-26-28-22(30)9-8-21(29)27-19-10-15(2)6-7-16(19)3/h6-7,10-13H,5,8-9,14H2,1-4H3,(H,27,29)(H,28,30). The van der Waals surface area contributed by atoms with Crippen LogP contribution in [0.1, 0.15) is 36.5 Å². The van der Waals surface area contributed by atoms with E-state index in [4.69, 9.17) is 9.47 Å². The van der Waals surface area contributed by atoms with Crippen molar-refractivity contribution >= 4 is 45.6 Å². The lowest BCUT2D eigenvalue weighted by Gasteiger charge is -2.13. The highest BCUT2D eigenvalue weighted by molar-refractivity contribution is 9.10. The second kappa shape index (κ2) is 13.3. The van der Waals surface area contributed by atoms with Gasteiger partial charge in [0.25, 0.3) is 0 Å². The lowest BCUT2D eigenvalue weighted by Crippen LogP contribution is -2.21. The maximum atomic E-state index is 12.2. The molecule has 0 aliphatic heterocycles.